The molecule has 0 atom stereocenters. The zero-order chi connectivity index (χ0) is 14.7. The van der Waals surface area contributed by atoms with Crippen LogP contribution in [0.2, 0.25) is 0 Å². The van der Waals surface area contributed by atoms with Crippen molar-refractivity contribution in [2.75, 3.05) is 0 Å². The maximum absolute atomic E-state index is 10.1. The minimum Gasteiger partial charge on any atom is -0.532 e. The van der Waals surface area contributed by atoms with Gasteiger partial charge in [-0.25, -0.2) is 0 Å². The van der Waals surface area contributed by atoms with E-state index < -0.39 is 14.2 Å². The van der Waals surface area contributed by atoms with Gasteiger partial charge in [-0.1, -0.05) is 35.9 Å². The summed E-state index contributed by atoms with van der Waals surface area (Å²) in [6.45, 7) is 3.75. The van der Waals surface area contributed by atoms with E-state index in [1.165, 1.54) is 6.07 Å². The van der Waals surface area contributed by atoms with Crippen LogP contribution in [-0.4, -0.2) is 29.3 Å². The lowest BCUT2D eigenvalue weighted by Gasteiger charge is -2.13. The average molecular weight is 270 g/mol. The molecular weight excluding hydrogens is 254 g/mol. The largest absolute Gasteiger partial charge is 0.560 e. The summed E-state index contributed by atoms with van der Waals surface area (Å²) in [7, 11) is -2.66. The van der Waals surface area contributed by atoms with Crippen LogP contribution in [0.15, 0.2) is 42.5 Å². The van der Waals surface area contributed by atoms with Gasteiger partial charge in [0.1, 0.15) is 5.75 Å². The molecule has 6 heteroatoms. The molecule has 0 saturated heterocycles. The van der Waals surface area contributed by atoms with E-state index in [0.717, 1.165) is 11.1 Å². The van der Waals surface area contributed by atoms with Crippen LogP contribution >= 0.6 is 0 Å². The van der Waals surface area contributed by atoms with E-state index in [1.807, 2.05) is 32.0 Å². The molecule has 20 heavy (non-hydrogen) atoms. The van der Waals surface area contributed by atoms with Gasteiger partial charge in [-0.2, -0.15) is 0 Å². The van der Waals surface area contributed by atoms with Crippen LogP contribution in [0.5, 0.6) is 5.75 Å². The first-order chi connectivity index (χ1) is 9.45. The summed E-state index contributed by atoms with van der Waals surface area (Å²) >= 11 is 0. The van der Waals surface area contributed by atoms with Crippen molar-refractivity contribution >= 4 is 25.2 Å². The Bertz CT molecular complexity index is 601. The highest BCUT2D eigenvalue weighted by molar-refractivity contribution is 6.61. The fraction of sp³-hybridized carbons (Fsp3) is 0.143. The van der Waals surface area contributed by atoms with Gasteiger partial charge < -0.3 is 19.7 Å². The average Bonchev–Trinajstić information content (AvgIpc) is 2.37. The maximum atomic E-state index is 10.1. The highest BCUT2D eigenvalue weighted by atomic mass is 16.5. The second-order valence-electron chi connectivity index (χ2n) is 4.84. The molecule has 0 saturated carbocycles. The highest BCUT2D eigenvalue weighted by Crippen LogP contribution is 2.12. The van der Waals surface area contributed by atoms with E-state index in [4.69, 9.17) is 4.65 Å². The van der Waals surface area contributed by atoms with Crippen LogP contribution in [0.1, 0.15) is 11.1 Å². The summed E-state index contributed by atoms with van der Waals surface area (Å²) in [6.07, 6.45) is 0. The molecule has 0 aliphatic rings. The van der Waals surface area contributed by atoms with E-state index in [0.29, 0.717) is 16.7 Å². The predicted molar refractivity (Wildman–Crippen MR) is 80.4 cm³/mol. The van der Waals surface area contributed by atoms with E-state index in [9.17, 15) is 15.1 Å². The van der Waals surface area contributed by atoms with Crippen molar-refractivity contribution in [1.29, 1.82) is 0 Å². The summed E-state index contributed by atoms with van der Waals surface area (Å²) in [4.78, 5) is 0. The SMILES string of the molecule is Cc1cc(OB(O)c2cccc(C)c2)cc(B(O)O)c1. The van der Waals surface area contributed by atoms with Gasteiger partial charge in [0.15, 0.2) is 0 Å². The van der Waals surface area contributed by atoms with Gasteiger partial charge >= 0.3 is 14.2 Å². The second kappa shape index (κ2) is 6.13. The van der Waals surface area contributed by atoms with Crippen LogP contribution in [0.3, 0.4) is 0 Å². The molecule has 0 heterocycles. The number of hydrogen-bond acceptors (Lipinski definition) is 4. The Kier molecular flexibility index (Phi) is 4.49. The Morgan fingerprint density at radius 3 is 2.20 bits per heavy atom. The quantitative estimate of drug-likeness (QED) is 0.670. The molecule has 2 aromatic rings. The highest BCUT2D eigenvalue weighted by Gasteiger charge is 2.20. The Hall–Kier alpha value is -1.75. The molecule has 2 aromatic carbocycles. The lowest BCUT2D eigenvalue weighted by atomic mass is 9.77. The minimum absolute atomic E-state index is 0.330. The Labute approximate surface area is 118 Å². The maximum Gasteiger partial charge on any atom is 0.560 e. The standard InChI is InChI=1S/C14H16B2O4/c1-10-4-3-5-12(6-10)16(19)20-14-8-11(2)7-13(9-14)15(17)18/h3-9,17-19H,1-2H3. The summed E-state index contributed by atoms with van der Waals surface area (Å²) < 4.78 is 5.46. The van der Waals surface area contributed by atoms with Crippen LogP contribution in [0.25, 0.3) is 0 Å². The van der Waals surface area contributed by atoms with Crippen molar-refractivity contribution in [3.8, 4) is 5.75 Å². The van der Waals surface area contributed by atoms with Gasteiger partial charge in [-0.05, 0) is 42.5 Å². The predicted octanol–water partition coefficient (Wildman–Crippen LogP) is -0.250. The molecule has 0 aliphatic heterocycles. The third kappa shape index (κ3) is 3.63. The molecule has 0 aromatic heterocycles. The van der Waals surface area contributed by atoms with Crippen LogP contribution in [-0.2, 0) is 0 Å². The lowest BCUT2D eigenvalue weighted by molar-refractivity contribution is 0.422. The van der Waals surface area contributed by atoms with E-state index >= 15 is 0 Å². The Morgan fingerprint density at radius 1 is 0.850 bits per heavy atom. The molecule has 4 nitrogen and oxygen atoms in total. The first kappa shape index (κ1) is 14.7. The molecular formula is C14H16B2O4. The number of benzene rings is 2. The van der Waals surface area contributed by atoms with Crippen molar-refractivity contribution in [2.45, 2.75) is 13.8 Å². The molecule has 0 fully saturated rings. The van der Waals surface area contributed by atoms with E-state index in [-0.39, 0.29) is 0 Å². The molecule has 102 valence electrons. The van der Waals surface area contributed by atoms with Crippen LogP contribution in [0.4, 0.5) is 0 Å². The zero-order valence-electron chi connectivity index (χ0n) is 11.4. The third-order valence-corrected chi connectivity index (χ3v) is 2.95. The smallest absolute Gasteiger partial charge is 0.532 e. The number of aryl methyl sites for hydroxylation is 2. The van der Waals surface area contributed by atoms with Gasteiger partial charge in [-0.15, -0.1) is 0 Å². The number of hydrogen-bond donors (Lipinski definition) is 3. The van der Waals surface area contributed by atoms with Gasteiger partial charge in [0, 0.05) is 0 Å². The lowest BCUT2D eigenvalue weighted by Crippen LogP contribution is -2.37. The number of rotatable bonds is 4. The molecule has 2 rings (SSSR count). The summed E-state index contributed by atoms with van der Waals surface area (Å²) in [5.41, 5.74) is 2.83. The second-order valence-corrected chi connectivity index (χ2v) is 4.84. The van der Waals surface area contributed by atoms with Gasteiger partial charge in [0.2, 0.25) is 0 Å². The molecule has 0 amide bonds. The molecule has 0 unspecified atom stereocenters. The topological polar surface area (TPSA) is 69.9 Å². The minimum atomic E-state index is -1.56. The normalized spacial score (nSPS) is 10.2. The monoisotopic (exact) mass is 270 g/mol. The third-order valence-electron chi connectivity index (χ3n) is 2.95. The first-order valence-electron chi connectivity index (χ1n) is 6.35. The summed E-state index contributed by atoms with van der Waals surface area (Å²) in [6, 6.07) is 12.3. The zero-order valence-corrected chi connectivity index (χ0v) is 11.4. The molecule has 0 radical (unpaired) electrons. The van der Waals surface area contributed by atoms with Crippen molar-refractivity contribution in [2.24, 2.45) is 0 Å². The van der Waals surface area contributed by atoms with Gasteiger partial charge in [0.05, 0.1) is 0 Å². The van der Waals surface area contributed by atoms with E-state index in [2.05, 4.69) is 0 Å². The summed E-state index contributed by atoms with van der Waals surface area (Å²) in [5, 5.41) is 28.5. The molecule has 3 N–H and O–H groups in total. The Morgan fingerprint density at radius 2 is 1.55 bits per heavy atom. The van der Waals surface area contributed by atoms with Crippen LogP contribution in [0, 0.1) is 13.8 Å². The summed E-state index contributed by atoms with van der Waals surface area (Å²) in [5.74, 6) is 0.391. The van der Waals surface area contributed by atoms with Crippen molar-refractivity contribution < 1.29 is 19.7 Å². The van der Waals surface area contributed by atoms with E-state index in [1.54, 1.807) is 18.2 Å². The van der Waals surface area contributed by atoms with Gasteiger partial charge in [-0.3, -0.25) is 0 Å². The van der Waals surface area contributed by atoms with Crippen LogP contribution < -0.4 is 15.6 Å². The van der Waals surface area contributed by atoms with Gasteiger partial charge in [0.25, 0.3) is 0 Å². The van der Waals surface area contributed by atoms with Crippen molar-refractivity contribution in [3.05, 3.63) is 53.6 Å². The molecule has 0 spiro atoms. The van der Waals surface area contributed by atoms with Crippen molar-refractivity contribution in [1.82, 2.24) is 0 Å². The Balaban J connectivity index is 2.21. The molecule has 0 bridgehead atoms. The first-order valence-corrected chi connectivity index (χ1v) is 6.35. The fourth-order valence-corrected chi connectivity index (χ4v) is 2.01. The van der Waals surface area contributed by atoms with Crippen molar-refractivity contribution in [3.63, 3.8) is 0 Å². The fourth-order valence-electron chi connectivity index (χ4n) is 2.01. The molecule has 0 aliphatic carbocycles.